The van der Waals surface area contributed by atoms with Crippen LogP contribution in [0.5, 0.6) is 0 Å². The van der Waals surface area contributed by atoms with Gasteiger partial charge in [-0.3, -0.25) is 38.4 Å². The van der Waals surface area contributed by atoms with Gasteiger partial charge in [-0.1, -0.05) is 5.21 Å². The summed E-state index contributed by atoms with van der Waals surface area (Å²) in [7, 11) is 0. The van der Waals surface area contributed by atoms with Crippen LogP contribution in [0.2, 0.25) is 0 Å². The van der Waals surface area contributed by atoms with Crippen LogP contribution in [0.3, 0.4) is 0 Å². The molecule has 0 unspecified atom stereocenters. The van der Waals surface area contributed by atoms with Crippen molar-refractivity contribution in [1.29, 1.82) is 0 Å². The summed E-state index contributed by atoms with van der Waals surface area (Å²) in [6, 6.07) is 0. The number of aromatic nitrogens is 3. The fourth-order valence-corrected chi connectivity index (χ4v) is 6.68. The standard InChI is InChI=1S/C33H45N3O19S/c1-15(37)46-12-24-26(48-17(3)39)28(50-19(5)41)30(52-21(7)43)32(54-24)45-10-9-36-11-23(34-35-36)14-56-33-31(53-22(8)44)29(51-20(6)42)27(49-18(4)40)25(55-33)13-47-16(2)38/h11,24-33H,9-10,12-14H2,1-8H3/t24-,25-,26-,27-,28+,29+,30+,31+,32+,33-/m1/s1. The predicted molar refractivity (Wildman–Crippen MR) is 181 cm³/mol. The second-order valence-electron chi connectivity index (χ2n) is 12.3. The number of ether oxygens (including phenoxy) is 11. The Morgan fingerprint density at radius 1 is 0.589 bits per heavy atom. The molecule has 0 bridgehead atoms. The van der Waals surface area contributed by atoms with Crippen LogP contribution in [0, 0.1) is 0 Å². The van der Waals surface area contributed by atoms with Crippen LogP contribution in [0.15, 0.2) is 6.20 Å². The van der Waals surface area contributed by atoms with Crippen molar-refractivity contribution >= 4 is 59.5 Å². The minimum absolute atomic E-state index is 0.0452. The maximum atomic E-state index is 12.1. The third-order valence-electron chi connectivity index (χ3n) is 7.48. The first-order valence-corrected chi connectivity index (χ1v) is 18.1. The lowest BCUT2D eigenvalue weighted by atomic mass is 9.98. The zero-order chi connectivity index (χ0) is 41.7. The summed E-state index contributed by atoms with van der Waals surface area (Å²) in [6.07, 6.45) is -10.3. The van der Waals surface area contributed by atoms with Crippen LogP contribution in [-0.2, 0) is 103 Å². The Hall–Kier alpha value is -4.87. The molecule has 2 fully saturated rings. The summed E-state index contributed by atoms with van der Waals surface area (Å²) in [6.45, 7) is 8.07. The fraction of sp³-hybridized carbons (Fsp3) is 0.697. The molecule has 312 valence electrons. The van der Waals surface area contributed by atoms with Crippen LogP contribution in [0.1, 0.15) is 61.1 Å². The molecule has 2 aliphatic rings. The highest BCUT2D eigenvalue weighted by Gasteiger charge is 2.54. The van der Waals surface area contributed by atoms with Gasteiger partial charge in [-0.25, -0.2) is 4.68 Å². The smallest absolute Gasteiger partial charge is 0.303 e. The second kappa shape index (κ2) is 21.4. The van der Waals surface area contributed by atoms with E-state index in [2.05, 4.69) is 10.3 Å². The summed E-state index contributed by atoms with van der Waals surface area (Å²) in [5.74, 6) is -5.88. The van der Waals surface area contributed by atoms with Crippen molar-refractivity contribution in [3.63, 3.8) is 0 Å². The Morgan fingerprint density at radius 3 is 1.50 bits per heavy atom. The van der Waals surface area contributed by atoms with Crippen LogP contribution < -0.4 is 0 Å². The average molecular weight is 820 g/mol. The number of hydrogen-bond acceptors (Lipinski definition) is 22. The van der Waals surface area contributed by atoms with Crippen molar-refractivity contribution in [1.82, 2.24) is 15.0 Å². The molecule has 0 N–H and O–H groups in total. The normalized spacial score (nSPS) is 27.1. The Morgan fingerprint density at radius 2 is 1.02 bits per heavy atom. The molecule has 22 nitrogen and oxygen atoms in total. The average Bonchev–Trinajstić information content (AvgIpc) is 3.53. The van der Waals surface area contributed by atoms with E-state index in [1.54, 1.807) is 6.20 Å². The lowest BCUT2D eigenvalue weighted by molar-refractivity contribution is -0.308. The topological polar surface area (TPSA) is 269 Å². The molecule has 10 atom stereocenters. The lowest BCUT2D eigenvalue weighted by Crippen LogP contribution is -2.63. The molecule has 0 amide bonds. The first-order valence-electron chi connectivity index (χ1n) is 17.1. The predicted octanol–water partition coefficient (Wildman–Crippen LogP) is -0.306. The Kier molecular flexibility index (Phi) is 17.4. The first-order chi connectivity index (χ1) is 26.3. The van der Waals surface area contributed by atoms with Gasteiger partial charge in [0.15, 0.2) is 42.9 Å². The number of nitrogens with zero attached hydrogens (tertiary/aromatic N) is 3. The van der Waals surface area contributed by atoms with Crippen molar-refractivity contribution < 1.29 is 90.5 Å². The molecule has 0 aliphatic carbocycles. The van der Waals surface area contributed by atoms with E-state index in [-0.39, 0.29) is 25.5 Å². The molecule has 3 rings (SSSR count). The molecule has 1 aromatic rings. The lowest BCUT2D eigenvalue weighted by Gasteiger charge is -2.44. The number of esters is 8. The Balaban J connectivity index is 1.77. The SMILES string of the molecule is CC(=O)OC[C@H]1O[C@H](OCCn2cc(CS[C@H]3O[C@H](COC(C)=O)[C@@H](OC(C)=O)[C@H](OC(C)=O)[C@@H]3OC(C)=O)nn2)[C@@H](OC(C)=O)[C@@H](OC(C)=O)[C@@H]1OC(C)=O. The molecular weight excluding hydrogens is 774 g/mol. The molecule has 0 aromatic carbocycles. The quantitative estimate of drug-likeness (QED) is 0.144. The highest BCUT2D eigenvalue weighted by Crippen LogP contribution is 2.36. The highest BCUT2D eigenvalue weighted by atomic mass is 32.2. The van der Waals surface area contributed by atoms with Crippen molar-refractivity contribution in [2.75, 3.05) is 19.8 Å². The maximum Gasteiger partial charge on any atom is 0.303 e. The van der Waals surface area contributed by atoms with E-state index in [0.29, 0.717) is 5.69 Å². The van der Waals surface area contributed by atoms with Gasteiger partial charge in [-0.2, -0.15) is 0 Å². The van der Waals surface area contributed by atoms with Crippen LogP contribution in [0.25, 0.3) is 0 Å². The Bertz CT molecular complexity index is 1590. The molecule has 0 radical (unpaired) electrons. The second-order valence-corrected chi connectivity index (χ2v) is 13.4. The molecule has 2 aliphatic heterocycles. The van der Waals surface area contributed by atoms with Gasteiger partial charge < -0.3 is 52.1 Å². The molecule has 1 aromatic heterocycles. The van der Waals surface area contributed by atoms with Crippen LogP contribution in [-0.4, -0.2) is 143 Å². The summed E-state index contributed by atoms with van der Waals surface area (Å²) in [5.41, 5.74) is -0.651. The first kappa shape index (κ1) is 45.5. The molecule has 0 spiro atoms. The molecular formula is C33H45N3O19S. The highest BCUT2D eigenvalue weighted by molar-refractivity contribution is 7.99. The third kappa shape index (κ3) is 14.3. The largest absolute Gasteiger partial charge is 0.463 e. The summed E-state index contributed by atoms with van der Waals surface area (Å²) in [4.78, 5) is 95.6. The number of thioether (sulfide) groups is 1. The fourth-order valence-electron chi connectivity index (χ4n) is 5.59. The number of carbonyl (C=O) groups is 8. The van der Waals surface area contributed by atoms with Crippen LogP contribution in [0.4, 0.5) is 0 Å². The van der Waals surface area contributed by atoms with Crippen molar-refractivity contribution in [3.05, 3.63) is 11.9 Å². The van der Waals surface area contributed by atoms with Crippen molar-refractivity contribution in [2.24, 2.45) is 0 Å². The van der Waals surface area contributed by atoms with Gasteiger partial charge in [0.05, 0.1) is 18.8 Å². The maximum absolute atomic E-state index is 12.1. The van der Waals surface area contributed by atoms with E-state index >= 15 is 0 Å². The number of rotatable bonds is 17. The van der Waals surface area contributed by atoms with E-state index in [1.165, 1.54) is 11.6 Å². The van der Waals surface area contributed by atoms with Gasteiger partial charge in [0, 0.05) is 67.3 Å². The minimum Gasteiger partial charge on any atom is -0.463 e. The van der Waals surface area contributed by atoms with Gasteiger partial charge in [-0.05, 0) is 0 Å². The van der Waals surface area contributed by atoms with Gasteiger partial charge in [0.25, 0.3) is 0 Å². The summed E-state index contributed by atoms with van der Waals surface area (Å²) < 4.78 is 62.0. The van der Waals surface area contributed by atoms with Gasteiger partial charge >= 0.3 is 47.8 Å². The van der Waals surface area contributed by atoms with E-state index in [1.807, 2.05) is 0 Å². The monoisotopic (exact) mass is 819 g/mol. The van der Waals surface area contributed by atoms with Gasteiger partial charge in [0.2, 0.25) is 0 Å². The van der Waals surface area contributed by atoms with Crippen LogP contribution >= 0.6 is 11.8 Å². The van der Waals surface area contributed by atoms with Crippen molar-refractivity contribution in [3.8, 4) is 0 Å². The van der Waals surface area contributed by atoms with E-state index in [0.717, 1.165) is 60.2 Å². The van der Waals surface area contributed by atoms with Gasteiger partial charge in [-0.15, -0.1) is 16.9 Å². The third-order valence-corrected chi connectivity index (χ3v) is 8.65. The molecule has 56 heavy (non-hydrogen) atoms. The van der Waals surface area contributed by atoms with Crippen molar-refractivity contribution in [2.45, 2.75) is 128 Å². The Labute approximate surface area is 324 Å². The molecule has 2 saturated heterocycles. The zero-order valence-electron chi connectivity index (χ0n) is 31.9. The van der Waals surface area contributed by atoms with E-state index in [4.69, 9.17) is 52.1 Å². The number of carbonyl (C=O) groups excluding carboxylic acids is 8. The molecule has 0 saturated carbocycles. The summed E-state index contributed by atoms with van der Waals surface area (Å²) >= 11 is 1.07. The van der Waals surface area contributed by atoms with E-state index < -0.39 is 115 Å². The van der Waals surface area contributed by atoms with E-state index in [9.17, 15) is 38.4 Å². The number of hydrogen-bond donors (Lipinski definition) is 0. The zero-order valence-corrected chi connectivity index (χ0v) is 32.7. The minimum atomic E-state index is -1.42. The summed E-state index contributed by atoms with van der Waals surface area (Å²) in [5, 5.41) is 8.21. The van der Waals surface area contributed by atoms with Gasteiger partial charge in [0.1, 0.15) is 30.9 Å². The molecule has 23 heteroatoms. The molecule has 3 heterocycles.